The molecule has 4 nitrogen and oxygen atoms in total. The Bertz CT molecular complexity index is 523. The third-order valence-corrected chi connectivity index (χ3v) is 2.34. The first-order chi connectivity index (χ1) is 8.31. The Morgan fingerprint density at radius 2 is 2.24 bits per heavy atom. The van der Waals surface area contributed by atoms with Crippen molar-refractivity contribution in [1.29, 1.82) is 0 Å². The van der Waals surface area contributed by atoms with Crippen molar-refractivity contribution in [2.24, 2.45) is 0 Å². The number of nitrogens with zero attached hydrogens (tertiary/aromatic N) is 2. The summed E-state index contributed by atoms with van der Waals surface area (Å²) in [6.45, 7) is 0. The summed E-state index contributed by atoms with van der Waals surface area (Å²) in [4.78, 5) is 0. The van der Waals surface area contributed by atoms with Crippen LogP contribution in [0, 0.1) is 0 Å². The highest BCUT2D eigenvalue weighted by molar-refractivity contribution is 6.16. The molecule has 2 aromatic rings. The van der Waals surface area contributed by atoms with Gasteiger partial charge in [-0.15, -0.1) is 21.8 Å². The maximum Gasteiger partial charge on any atom is 0.240 e. The molecule has 0 fully saturated rings. The number of halogens is 1. The van der Waals surface area contributed by atoms with Crippen LogP contribution >= 0.6 is 11.6 Å². The molecule has 2 rings (SSSR count). The van der Waals surface area contributed by atoms with E-state index < -0.39 is 0 Å². The maximum absolute atomic E-state index is 5.56. The molecule has 0 aliphatic heterocycles. The van der Waals surface area contributed by atoms with Crippen LogP contribution in [0.1, 0.15) is 17.3 Å². The lowest BCUT2D eigenvalue weighted by Gasteiger charge is -1.99. The monoisotopic (exact) mass is 250 g/mol. The lowest BCUT2D eigenvalue weighted by molar-refractivity contribution is 0.414. The van der Waals surface area contributed by atoms with Gasteiger partial charge in [-0.05, 0) is 23.8 Å². The zero-order valence-corrected chi connectivity index (χ0v) is 10.0. The summed E-state index contributed by atoms with van der Waals surface area (Å²) < 4.78 is 10.4. The summed E-state index contributed by atoms with van der Waals surface area (Å²) in [5.74, 6) is 1.87. The van der Waals surface area contributed by atoms with Crippen LogP contribution in [-0.2, 0) is 5.88 Å². The number of alkyl halides is 1. The summed E-state index contributed by atoms with van der Waals surface area (Å²) in [5.41, 5.74) is 0.995. The second-order valence-corrected chi connectivity index (χ2v) is 3.54. The lowest BCUT2D eigenvalue weighted by Crippen LogP contribution is -1.82. The molecule has 0 aliphatic rings. The number of ether oxygens (including phenoxy) is 1. The van der Waals surface area contributed by atoms with Gasteiger partial charge in [0.1, 0.15) is 11.6 Å². The highest BCUT2D eigenvalue weighted by Gasteiger charge is 2.00. The fourth-order valence-corrected chi connectivity index (χ4v) is 1.41. The second kappa shape index (κ2) is 5.50. The van der Waals surface area contributed by atoms with E-state index in [2.05, 4.69) is 10.2 Å². The smallest absolute Gasteiger partial charge is 0.240 e. The van der Waals surface area contributed by atoms with Gasteiger partial charge in [0.2, 0.25) is 11.8 Å². The molecule has 0 spiro atoms. The zero-order valence-electron chi connectivity index (χ0n) is 9.26. The first kappa shape index (κ1) is 11.7. The van der Waals surface area contributed by atoms with E-state index in [-0.39, 0.29) is 5.88 Å². The molecule has 5 heteroatoms. The number of hydrogen-bond donors (Lipinski definition) is 0. The topological polar surface area (TPSA) is 48.2 Å². The average molecular weight is 251 g/mol. The van der Waals surface area contributed by atoms with Crippen LogP contribution in [0.4, 0.5) is 0 Å². The number of benzene rings is 1. The molecule has 17 heavy (non-hydrogen) atoms. The molecule has 88 valence electrons. The van der Waals surface area contributed by atoms with E-state index in [1.54, 1.807) is 13.2 Å². The van der Waals surface area contributed by atoms with Crippen LogP contribution in [0.15, 0.2) is 28.7 Å². The van der Waals surface area contributed by atoms with Crippen molar-refractivity contribution >= 4 is 23.8 Å². The second-order valence-electron chi connectivity index (χ2n) is 3.28. The summed E-state index contributed by atoms with van der Waals surface area (Å²) in [5, 5.41) is 7.58. The number of hydrogen-bond acceptors (Lipinski definition) is 4. The van der Waals surface area contributed by atoms with Gasteiger partial charge >= 0.3 is 0 Å². The minimum absolute atomic E-state index is 0.222. The molecule has 0 unspecified atom stereocenters. The van der Waals surface area contributed by atoms with E-state index in [1.165, 1.54) is 0 Å². The van der Waals surface area contributed by atoms with Crippen molar-refractivity contribution in [3.8, 4) is 5.75 Å². The third kappa shape index (κ3) is 3.07. The first-order valence-electron chi connectivity index (χ1n) is 5.02. The van der Waals surface area contributed by atoms with Crippen LogP contribution in [0.5, 0.6) is 5.75 Å². The number of aromatic nitrogens is 2. The number of methoxy groups -OCH3 is 1. The molecule has 1 aromatic heterocycles. The Morgan fingerprint density at radius 1 is 1.35 bits per heavy atom. The minimum atomic E-state index is 0.222. The molecule has 0 radical (unpaired) electrons. The standard InChI is InChI=1S/C12H11ClN2O2/c1-16-10-4-2-3-9(7-10)5-6-11-14-15-12(8-13)17-11/h2-7H,8H2,1H3/b6-5+. The van der Waals surface area contributed by atoms with Gasteiger partial charge in [-0.25, -0.2) is 0 Å². The fraction of sp³-hybridized carbons (Fsp3) is 0.167. The zero-order chi connectivity index (χ0) is 12.1. The molecule has 0 saturated carbocycles. The first-order valence-corrected chi connectivity index (χ1v) is 5.56. The van der Waals surface area contributed by atoms with E-state index in [1.807, 2.05) is 30.3 Å². The summed E-state index contributed by atoms with van der Waals surface area (Å²) in [7, 11) is 1.63. The highest BCUT2D eigenvalue weighted by atomic mass is 35.5. The van der Waals surface area contributed by atoms with Crippen molar-refractivity contribution < 1.29 is 9.15 Å². The van der Waals surface area contributed by atoms with Gasteiger partial charge in [-0.3, -0.25) is 0 Å². The van der Waals surface area contributed by atoms with Crippen molar-refractivity contribution in [2.75, 3.05) is 7.11 Å². The van der Waals surface area contributed by atoms with Gasteiger partial charge in [0.05, 0.1) is 7.11 Å². The number of rotatable bonds is 4. The molecule has 0 atom stereocenters. The molecule has 1 heterocycles. The summed E-state index contributed by atoms with van der Waals surface area (Å²) in [6.07, 6.45) is 3.60. The van der Waals surface area contributed by atoms with Crippen LogP contribution in [-0.4, -0.2) is 17.3 Å². The molecule has 1 aromatic carbocycles. The van der Waals surface area contributed by atoms with E-state index in [9.17, 15) is 0 Å². The highest BCUT2D eigenvalue weighted by Crippen LogP contribution is 2.15. The van der Waals surface area contributed by atoms with Gasteiger partial charge in [-0.2, -0.15) is 0 Å². The largest absolute Gasteiger partial charge is 0.497 e. The van der Waals surface area contributed by atoms with E-state index in [4.69, 9.17) is 20.8 Å². The molecule has 0 aliphatic carbocycles. The minimum Gasteiger partial charge on any atom is -0.497 e. The van der Waals surface area contributed by atoms with Crippen molar-refractivity contribution in [2.45, 2.75) is 5.88 Å². The molecule has 0 saturated heterocycles. The van der Waals surface area contributed by atoms with Crippen molar-refractivity contribution in [3.05, 3.63) is 41.6 Å². The summed E-state index contributed by atoms with van der Waals surface area (Å²) >= 11 is 5.56. The summed E-state index contributed by atoms with van der Waals surface area (Å²) in [6, 6.07) is 7.67. The predicted octanol–water partition coefficient (Wildman–Crippen LogP) is 2.99. The van der Waals surface area contributed by atoms with Gasteiger partial charge in [0.25, 0.3) is 0 Å². The average Bonchev–Trinajstić information content (AvgIpc) is 2.84. The van der Waals surface area contributed by atoms with Crippen LogP contribution in [0.2, 0.25) is 0 Å². The quantitative estimate of drug-likeness (QED) is 0.783. The third-order valence-electron chi connectivity index (χ3n) is 2.11. The van der Waals surface area contributed by atoms with E-state index >= 15 is 0 Å². The molecule has 0 bridgehead atoms. The van der Waals surface area contributed by atoms with Gasteiger partial charge in [0, 0.05) is 6.08 Å². The van der Waals surface area contributed by atoms with E-state index in [0.717, 1.165) is 11.3 Å². The Labute approximate surface area is 104 Å². The molecular weight excluding hydrogens is 240 g/mol. The van der Waals surface area contributed by atoms with Gasteiger partial charge in [0.15, 0.2) is 0 Å². The Hall–Kier alpha value is -1.81. The fourth-order valence-electron chi connectivity index (χ4n) is 1.30. The van der Waals surface area contributed by atoms with Crippen LogP contribution in [0.3, 0.4) is 0 Å². The molecule has 0 N–H and O–H groups in total. The predicted molar refractivity (Wildman–Crippen MR) is 65.8 cm³/mol. The van der Waals surface area contributed by atoms with Gasteiger partial charge in [-0.1, -0.05) is 12.1 Å². The van der Waals surface area contributed by atoms with E-state index in [0.29, 0.717) is 11.8 Å². The normalized spacial score (nSPS) is 10.9. The Kier molecular flexibility index (Phi) is 3.77. The van der Waals surface area contributed by atoms with Crippen LogP contribution < -0.4 is 4.74 Å². The Balaban J connectivity index is 2.13. The SMILES string of the molecule is COc1cccc(/C=C/c2nnc(CCl)o2)c1. The Morgan fingerprint density at radius 3 is 2.94 bits per heavy atom. The maximum atomic E-state index is 5.56. The molecule has 0 amide bonds. The van der Waals surface area contributed by atoms with Gasteiger partial charge < -0.3 is 9.15 Å². The van der Waals surface area contributed by atoms with Crippen LogP contribution in [0.25, 0.3) is 12.2 Å². The molecular formula is C12H11ClN2O2. The van der Waals surface area contributed by atoms with Crippen molar-refractivity contribution in [3.63, 3.8) is 0 Å². The van der Waals surface area contributed by atoms with Crippen molar-refractivity contribution in [1.82, 2.24) is 10.2 Å². The lowest BCUT2D eigenvalue weighted by atomic mass is 10.2.